The Bertz CT molecular complexity index is 2100. The maximum absolute atomic E-state index is 13.4. The van der Waals surface area contributed by atoms with Gasteiger partial charge in [-0.3, -0.25) is 4.79 Å². The summed E-state index contributed by atoms with van der Waals surface area (Å²) in [6, 6.07) is -0.888. The smallest absolute Gasteiger partial charge is 0.220 e. The van der Waals surface area contributed by atoms with E-state index in [-0.39, 0.29) is 18.9 Å². The fraction of sp³-hybridized carbons (Fsp3) is 0.810. The topological polar surface area (TPSA) is 307 Å². The highest BCUT2D eigenvalue weighted by Gasteiger charge is 2.54. The molecule has 568 valence electrons. The molecule has 3 fully saturated rings. The Hall–Kier alpha value is -3.03. The molecule has 3 aliphatic rings. The largest absolute Gasteiger partial charge is 0.394 e. The zero-order valence-electron chi connectivity index (χ0n) is 60.5. The van der Waals surface area contributed by atoms with Gasteiger partial charge < -0.3 is 89.9 Å². The molecule has 0 aromatic rings. The number of aliphatic hydroxyl groups is 11. The van der Waals surface area contributed by atoms with Gasteiger partial charge in [0.1, 0.15) is 73.2 Å². The number of ether oxygens (including phenoxy) is 6. The second-order valence-corrected chi connectivity index (χ2v) is 27.4. The monoisotopic (exact) mass is 1390 g/mol. The number of hydrogen-bond donors (Lipinski definition) is 12. The van der Waals surface area contributed by atoms with Crippen LogP contribution in [-0.2, 0) is 33.2 Å². The van der Waals surface area contributed by atoms with Crippen LogP contribution in [0.5, 0.6) is 0 Å². The molecule has 12 N–H and O–H groups in total. The lowest BCUT2D eigenvalue weighted by atomic mass is 9.96. The average molecular weight is 1390 g/mol. The summed E-state index contributed by atoms with van der Waals surface area (Å²) in [4.78, 5) is 13.4. The molecular formula is C79H139NO18. The Morgan fingerprint density at radius 3 is 1.10 bits per heavy atom. The van der Waals surface area contributed by atoms with Crippen LogP contribution < -0.4 is 5.32 Å². The number of aliphatic hydroxyl groups excluding tert-OH is 11. The summed E-state index contributed by atoms with van der Waals surface area (Å²) in [6.45, 7) is 1.68. The molecule has 0 aliphatic carbocycles. The molecule has 98 heavy (non-hydrogen) atoms. The van der Waals surface area contributed by atoms with Gasteiger partial charge in [-0.15, -0.1) is 0 Å². The minimum absolute atomic E-state index is 0.242. The average Bonchev–Trinajstić information content (AvgIpc) is 0.785. The second kappa shape index (κ2) is 59.4. The lowest BCUT2D eigenvalue weighted by Crippen LogP contribution is -2.66. The first-order valence-corrected chi connectivity index (χ1v) is 38.8. The Kier molecular flexibility index (Phi) is 54.0. The maximum atomic E-state index is 13.4. The van der Waals surface area contributed by atoms with Crippen molar-refractivity contribution in [2.24, 2.45) is 0 Å². The molecular weight excluding hydrogens is 1250 g/mol. The van der Waals surface area contributed by atoms with Crippen molar-refractivity contribution >= 4 is 5.91 Å². The van der Waals surface area contributed by atoms with Gasteiger partial charge in [0.05, 0.1) is 38.6 Å². The summed E-state index contributed by atoms with van der Waals surface area (Å²) in [7, 11) is 0. The van der Waals surface area contributed by atoms with Gasteiger partial charge in [0, 0.05) is 6.42 Å². The minimum Gasteiger partial charge on any atom is -0.394 e. The van der Waals surface area contributed by atoms with Crippen LogP contribution in [0.25, 0.3) is 0 Å². The van der Waals surface area contributed by atoms with Crippen molar-refractivity contribution < 1.29 is 89.4 Å². The molecule has 17 unspecified atom stereocenters. The van der Waals surface area contributed by atoms with Crippen molar-refractivity contribution in [3.63, 3.8) is 0 Å². The Labute approximate surface area is 590 Å². The molecule has 17 atom stereocenters. The third-order valence-corrected chi connectivity index (χ3v) is 19.0. The normalized spacial score (nSPS) is 27.2. The fourth-order valence-electron chi connectivity index (χ4n) is 12.8. The first kappa shape index (κ1) is 89.2. The van der Waals surface area contributed by atoms with E-state index in [1.807, 2.05) is 0 Å². The summed E-state index contributed by atoms with van der Waals surface area (Å²) in [5.41, 5.74) is 0. The third-order valence-electron chi connectivity index (χ3n) is 19.0. The number of carbonyl (C=O) groups excluding carboxylic acids is 1. The highest BCUT2D eigenvalue weighted by Crippen LogP contribution is 2.33. The molecule has 19 heteroatoms. The van der Waals surface area contributed by atoms with Crippen molar-refractivity contribution in [2.45, 2.75) is 381 Å². The van der Waals surface area contributed by atoms with Crippen LogP contribution in [-0.4, -0.2) is 193 Å². The summed E-state index contributed by atoms with van der Waals surface area (Å²) in [6.07, 6.45) is 51.3. The zero-order chi connectivity index (χ0) is 71.1. The van der Waals surface area contributed by atoms with Crippen molar-refractivity contribution in [1.82, 2.24) is 5.32 Å². The van der Waals surface area contributed by atoms with E-state index in [1.165, 1.54) is 154 Å². The van der Waals surface area contributed by atoms with Crippen LogP contribution in [0.15, 0.2) is 85.1 Å². The molecule has 0 aromatic carbocycles. The SMILES string of the molecule is CC/C=C\C/C=C\C/C=C\C/C=C\C/C=C\C/C=C\C/C=C\CCCCCCCCCCCCCCCCCCCCCC(=O)NC(COC1OC(CO)C(OC2OC(CO)C(OC3OC(CO)C(O)C(O)C3O)C(O)C2O)C(O)C1O)C(O)CCCCCCCCCCCCCC. The van der Waals surface area contributed by atoms with Gasteiger partial charge in [-0.05, 0) is 70.6 Å². The van der Waals surface area contributed by atoms with Gasteiger partial charge in [-0.2, -0.15) is 0 Å². The van der Waals surface area contributed by atoms with E-state index in [9.17, 15) is 61.0 Å². The van der Waals surface area contributed by atoms with Gasteiger partial charge in [0.15, 0.2) is 18.9 Å². The molecule has 3 rings (SSSR count). The summed E-state index contributed by atoms with van der Waals surface area (Å²) in [5, 5.41) is 121. The number of carbonyl (C=O) groups is 1. The summed E-state index contributed by atoms with van der Waals surface area (Å²) in [5.74, 6) is -0.242. The van der Waals surface area contributed by atoms with Crippen LogP contribution in [0.1, 0.15) is 277 Å². The van der Waals surface area contributed by atoms with Crippen LogP contribution in [0.3, 0.4) is 0 Å². The summed E-state index contributed by atoms with van der Waals surface area (Å²) < 4.78 is 34.4. The van der Waals surface area contributed by atoms with Gasteiger partial charge in [0.25, 0.3) is 0 Å². The number of nitrogens with one attached hydrogen (secondary N) is 1. The molecule has 1 amide bonds. The minimum atomic E-state index is -1.97. The van der Waals surface area contributed by atoms with Crippen LogP contribution >= 0.6 is 0 Å². The number of amides is 1. The molecule has 0 aromatic heterocycles. The number of unbranched alkanes of at least 4 members (excludes halogenated alkanes) is 30. The Balaban J connectivity index is 1.27. The van der Waals surface area contributed by atoms with Gasteiger partial charge in [0.2, 0.25) is 5.91 Å². The van der Waals surface area contributed by atoms with E-state index in [4.69, 9.17) is 28.4 Å². The number of hydrogen-bond acceptors (Lipinski definition) is 18. The van der Waals surface area contributed by atoms with Gasteiger partial charge >= 0.3 is 0 Å². The van der Waals surface area contributed by atoms with E-state index in [0.717, 1.165) is 89.9 Å². The van der Waals surface area contributed by atoms with Crippen molar-refractivity contribution in [3.8, 4) is 0 Å². The molecule has 0 spiro atoms. The maximum Gasteiger partial charge on any atom is 0.220 e. The molecule has 0 bridgehead atoms. The van der Waals surface area contributed by atoms with Crippen molar-refractivity contribution in [2.75, 3.05) is 26.4 Å². The zero-order valence-corrected chi connectivity index (χ0v) is 60.5. The molecule has 3 saturated heterocycles. The van der Waals surface area contributed by atoms with Crippen molar-refractivity contribution in [1.29, 1.82) is 0 Å². The van der Waals surface area contributed by atoms with Gasteiger partial charge in [-0.25, -0.2) is 0 Å². The van der Waals surface area contributed by atoms with E-state index < -0.39 is 124 Å². The second-order valence-electron chi connectivity index (χ2n) is 27.4. The highest BCUT2D eigenvalue weighted by atomic mass is 16.8. The molecule has 19 nitrogen and oxygen atoms in total. The lowest BCUT2D eigenvalue weighted by Gasteiger charge is -2.48. The van der Waals surface area contributed by atoms with E-state index in [2.05, 4.69) is 104 Å². The van der Waals surface area contributed by atoms with E-state index in [0.29, 0.717) is 12.8 Å². The van der Waals surface area contributed by atoms with E-state index >= 15 is 0 Å². The molecule has 3 heterocycles. The fourth-order valence-corrected chi connectivity index (χ4v) is 12.8. The third kappa shape index (κ3) is 39.6. The van der Waals surface area contributed by atoms with Crippen LogP contribution in [0, 0.1) is 0 Å². The Morgan fingerprint density at radius 2 is 0.704 bits per heavy atom. The number of allylic oxidation sites excluding steroid dienone is 14. The number of rotatable bonds is 60. The van der Waals surface area contributed by atoms with Crippen LogP contribution in [0.2, 0.25) is 0 Å². The first-order chi connectivity index (χ1) is 47.8. The predicted octanol–water partition coefficient (Wildman–Crippen LogP) is 12.2. The molecule has 0 radical (unpaired) electrons. The van der Waals surface area contributed by atoms with Crippen LogP contribution in [0.4, 0.5) is 0 Å². The van der Waals surface area contributed by atoms with E-state index in [1.54, 1.807) is 0 Å². The first-order valence-electron chi connectivity index (χ1n) is 38.8. The van der Waals surface area contributed by atoms with Gasteiger partial charge in [-0.1, -0.05) is 285 Å². The lowest BCUT2D eigenvalue weighted by molar-refractivity contribution is -0.379. The summed E-state index contributed by atoms with van der Waals surface area (Å²) >= 11 is 0. The molecule has 3 aliphatic heterocycles. The van der Waals surface area contributed by atoms with Crippen molar-refractivity contribution in [3.05, 3.63) is 85.1 Å². The Morgan fingerprint density at radius 1 is 0.378 bits per heavy atom. The highest BCUT2D eigenvalue weighted by molar-refractivity contribution is 5.76. The quantitative estimate of drug-likeness (QED) is 0.0199. The standard InChI is InChI=1S/C79H139NO18/c1-3-5-7-9-11-13-15-17-18-19-20-21-22-23-24-25-26-27-28-29-30-31-32-33-34-35-36-37-38-39-40-41-42-43-44-45-47-49-51-53-55-57-67(85)80-62(63(84)56-54-52-50-48-46-16-14-12-10-8-6-4-2)61-93-77-73(91)70(88)75(65(59-82)95-77)98-79-74(92)71(89)76(66(60-83)96-79)97-78-72(90)69(87)68(86)64(58-81)94-78/h5,7,11,13,17-18,20-21,23-24,26-27,29-30,62-66,68-79,81-84,86-92H,3-4,6,8-10,12,14-16,19,22,25,28,31-61H2,1-2H3,(H,80,85)/b7-5-,13-11-,18-17-,21-20-,24-23-,27-26-,30-29-. The predicted molar refractivity (Wildman–Crippen MR) is 388 cm³/mol. The molecule has 0 saturated carbocycles.